The Morgan fingerprint density at radius 3 is 2.36 bits per heavy atom. The Morgan fingerprint density at radius 1 is 1.18 bits per heavy atom. The SMILES string of the molecule is CC(C)COC1CCCCC1. The lowest BCUT2D eigenvalue weighted by Gasteiger charge is -2.22. The molecule has 1 aliphatic carbocycles. The molecule has 0 spiro atoms. The zero-order chi connectivity index (χ0) is 8.10. The summed E-state index contributed by atoms with van der Waals surface area (Å²) in [5.41, 5.74) is 0. The van der Waals surface area contributed by atoms with Crippen LogP contribution in [0.2, 0.25) is 0 Å². The van der Waals surface area contributed by atoms with Gasteiger partial charge < -0.3 is 4.74 Å². The van der Waals surface area contributed by atoms with Crippen LogP contribution < -0.4 is 0 Å². The van der Waals surface area contributed by atoms with E-state index in [1.54, 1.807) is 0 Å². The maximum absolute atomic E-state index is 5.74. The van der Waals surface area contributed by atoms with E-state index < -0.39 is 0 Å². The van der Waals surface area contributed by atoms with E-state index in [1.165, 1.54) is 32.1 Å². The van der Waals surface area contributed by atoms with Gasteiger partial charge in [0.05, 0.1) is 6.10 Å². The Kier molecular flexibility index (Phi) is 3.92. The van der Waals surface area contributed by atoms with Gasteiger partial charge in [0, 0.05) is 6.61 Å². The first-order valence-electron chi connectivity index (χ1n) is 4.90. The Morgan fingerprint density at radius 2 is 1.82 bits per heavy atom. The fraction of sp³-hybridized carbons (Fsp3) is 1.00. The highest BCUT2D eigenvalue weighted by atomic mass is 16.5. The van der Waals surface area contributed by atoms with Crippen LogP contribution in [0.4, 0.5) is 0 Å². The average Bonchev–Trinajstić information content (AvgIpc) is 2.03. The molecular weight excluding hydrogens is 136 g/mol. The van der Waals surface area contributed by atoms with E-state index in [-0.39, 0.29) is 0 Å². The Labute approximate surface area is 70.1 Å². The molecule has 0 amide bonds. The van der Waals surface area contributed by atoms with Crippen molar-refractivity contribution >= 4 is 0 Å². The van der Waals surface area contributed by atoms with Crippen LogP contribution in [0.3, 0.4) is 0 Å². The highest BCUT2D eigenvalue weighted by molar-refractivity contribution is 4.65. The van der Waals surface area contributed by atoms with Crippen LogP contribution in [0, 0.1) is 5.92 Å². The quantitative estimate of drug-likeness (QED) is 0.610. The molecule has 1 rings (SSSR count). The molecule has 0 aliphatic heterocycles. The third kappa shape index (κ3) is 3.76. The molecule has 0 unspecified atom stereocenters. The molecule has 1 fully saturated rings. The maximum Gasteiger partial charge on any atom is 0.0575 e. The number of ether oxygens (including phenoxy) is 1. The summed E-state index contributed by atoms with van der Waals surface area (Å²) >= 11 is 0. The molecule has 0 bridgehead atoms. The molecule has 0 aromatic rings. The van der Waals surface area contributed by atoms with E-state index in [0.29, 0.717) is 12.0 Å². The van der Waals surface area contributed by atoms with Crippen LogP contribution in [0.25, 0.3) is 0 Å². The van der Waals surface area contributed by atoms with Gasteiger partial charge in [-0.15, -0.1) is 0 Å². The first-order chi connectivity index (χ1) is 5.29. The lowest BCUT2D eigenvalue weighted by atomic mass is 9.98. The summed E-state index contributed by atoms with van der Waals surface area (Å²) < 4.78 is 5.74. The smallest absolute Gasteiger partial charge is 0.0575 e. The summed E-state index contributed by atoms with van der Waals surface area (Å²) in [5.74, 6) is 0.692. The molecule has 1 aliphatic rings. The molecule has 11 heavy (non-hydrogen) atoms. The summed E-state index contributed by atoms with van der Waals surface area (Å²) in [4.78, 5) is 0. The molecule has 1 heteroatoms. The molecule has 0 saturated heterocycles. The molecule has 0 N–H and O–H groups in total. The van der Waals surface area contributed by atoms with E-state index in [2.05, 4.69) is 13.8 Å². The predicted octanol–water partition coefficient (Wildman–Crippen LogP) is 2.99. The third-order valence-electron chi connectivity index (χ3n) is 2.22. The van der Waals surface area contributed by atoms with Crippen molar-refractivity contribution in [1.29, 1.82) is 0 Å². The van der Waals surface area contributed by atoms with Crippen LogP contribution in [-0.2, 0) is 4.74 Å². The minimum absolute atomic E-state index is 0.589. The van der Waals surface area contributed by atoms with Gasteiger partial charge in [0.25, 0.3) is 0 Å². The standard InChI is InChI=1S/C10H20O/c1-9(2)8-11-10-6-4-3-5-7-10/h9-10H,3-8H2,1-2H3. The van der Waals surface area contributed by atoms with Gasteiger partial charge in [0.1, 0.15) is 0 Å². The second-order valence-corrected chi connectivity index (χ2v) is 3.99. The van der Waals surface area contributed by atoms with Crippen molar-refractivity contribution in [3.05, 3.63) is 0 Å². The van der Waals surface area contributed by atoms with Gasteiger partial charge in [-0.3, -0.25) is 0 Å². The van der Waals surface area contributed by atoms with Crippen molar-refractivity contribution in [2.45, 2.75) is 52.1 Å². The Hall–Kier alpha value is -0.0400. The lowest BCUT2D eigenvalue weighted by Crippen LogP contribution is -2.18. The average molecular weight is 156 g/mol. The van der Waals surface area contributed by atoms with Crippen LogP contribution in [0.1, 0.15) is 46.0 Å². The zero-order valence-electron chi connectivity index (χ0n) is 7.81. The summed E-state index contributed by atoms with van der Waals surface area (Å²) in [5, 5.41) is 0. The van der Waals surface area contributed by atoms with Gasteiger partial charge in [0.15, 0.2) is 0 Å². The molecule has 1 nitrogen and oxygen atoms in total. The fourth-order valence-corrected chi connectivity index (χ4v) is 1.56. The molecule has 0 aromatic heterocycles. The first-order valence-corrected chi connectivity index (χ1v) is 4.90. The largest absolute Gasteiger partial charge is 0.378 e. The van der Waals surface area contributed by atoms with Gasteiger partial charge >= 0.3 is 0 Å². The number of hydrogen-bond donors (Lipinski definition) is 0. The molecular formula is C10H20O. The van der Waals surface area contributed by atoms with Crippen molar-refractivity contribution < 1.29 is 4.74 Å². The van der Waals surface area contributed by atoms with E-state index in [4.69, 9.17) is 4.74 Å². The number of hydrogen-bond acceptors (Lipinski definition) is 1. The molecule has 0 atom stereocenters. The normalized spacial score (nSPS) is 21.0. The van der Waals surface area contributed by atoms with Crippen molar-refractivity contribution in [2.75, 3.05) is 6.61 Å². The fourth-order valence-electron chi connectivity index (χ4n) is 1.56. The van der Waals surface area contributed by atoms with Crippen molar-refractivity contribution in [1.82, 2.24) is 0 Å². The minimum atomic E-state index is 0.589. The van der Waals surface area contributed by atoms with E-state index >= 15 is 0 Å². The van der Waals surface area contributed by atoms with Gasteiger partial charge in [-0.2, -0.15) is 0 Å². The number of rotatable bonds is 3. The molecule has 0 heterocycles. The minimum Gasteiger partial charge on any atom is -0.378 e. The second-order valence-electron chi connectivity index (χ2n) is 3.99. The monoisotopic (exact) mass is 156 g/mol. The van der Waals surface area contributed by atoms with E-state index in [1.807, 2.05) is 0 Å². The zero-order valence-corrected chi connectivity index (χ0v) is 7.81. The highest BCUT2D eigenvalue weighted by Gasteiger charge is 2.13. The molecule has 66 valence electrons. The van der Waals surface area contributed by atoms with E-state index in [0.717, 1.165) is 6.61 Å². The van der Waals surface area contributed by atoms with Crippen LogP contribution in [0.15, 0.2) is 0 Å². The van der Waals surface area contributed by atoms with Crippen LogP contribution in [-0.4, -0.2) is 12.7 Å². The molecule has 0 aromatic carbocycles. The van der Waals surface area contributed by atoms with Crippen molar-refractivity contribution in [2.24, 2.45) is 5.92 Å². The molecule has 1 saturated carbocycles. The van der Waals surface area contributed by atoms with Crippen LogP contribution >= 0.6 is 0 Å². The predicted molar refractivity (Wildman–Crippen MR) is 47.7 cm³/mol. The molecule has 0 radical (unpaired) electrons. The van der Waals surface area contributed by atoms with Gasteiger partial charge in [-0.1, -0.05) is 33.1 Å². The van der Waals surface area contributed by atoms with Gasteiger partial charge in [-0.25, -0.2) is 0 Å². The summed E-state index contributed by atoms with van der Waals surface area (Å²) in [6, 6.07) is 0. The van der Waals surface area contributed by atoms with Crippen LogP contribution in [0.5, 0.6) is 0 Å². The summed E-state index contributed by atoms with van der Waals surface area (Å²) in [7, 11) is 0. The van der Waals surface area contributed by atoms with Crippen molar-refractivity contribution in [3.8, 4) is 0 Å². The van der Waals surface area contributed by atoms with E-state index in [9.17, 15) is 0 Å². The topological polar surface area (TPSA) is 9.23 Å². The maximum atomic E-state index is 5.74. The van der Waals surface area contributed by atoms with Crippen molar-refractivity contribution in [3.63, 3.8) is 0 Å². The third-order valence-corrected chi connectivity index (χ3v) is 2.22. The highest BCUT2D eigenvalue weighted by Crippen LogP contribution is 2.20. The van der Waals surface area contributed by atoms with Gasteiger partial charge in [0.2, 0.25) is 0 Å². The van der Waals surface area contributed by atoms with Gasteiger partial charge in [-0.05, 0) is 18.8 Å². The summed E-state index contributed by atoms with van der Waals surface area (Å²) in [6.07, 6.45) is 7.36. The Bertz CT molecular complexity index is 93.0. The lowest BCUT2D eigenvalue weighted by molar-refractivity contribution is 0.0137. The Balaban J connectivity index is 2.05. The summed E-state index contributed by atoms with van der Waals surface area (Å²) in [6.45, 7) is 5.37. The first kappa shape index (κ1) is 9.05. The second kappa shape index (κ2) is 4.76.